The summed E-state index contributed by atoms with van der Waals surface area (Å²) in [5.74, 6) is -0.407. The summed E-state index contributed by atoms with van der Waals surface area (Å²) in [5.41, 5.74) is 2.74. The number of hydrogen-bond donors (Lipinski definition) is 1. The third-order valence-electron chi connectivity index (χ3n) is 5.83. The topological polar surface area (TPSA) is 87.4 Å². The number of carboxylic acid groups (broad SMARTS) is 1. The fourth-order valence-electron chi connectivity index (χ4n) is 4.24. The molecular formula is C22H20ClFN6O2. The first kappa shape index (κ1) is 20.4. The van der Waals surface area contributed by atoms with E-state index in [4.69, 9.17) is 11.6 Å². The highest BCUT2D eigenvalue weighted by molar-refractivity contribution is 6.37. The SMILES string of the molecule is C[C@H]1CN(c2cnc3nc(-c4cc(F)c5nn(C)cc5c4)ccc3c2Cl)CCN1C(=O)O. The number of benzene rings is 1. The molecule has 1 N–H and O–H groups in total. The molecular weight excluding hydrogens is 435 g/mol. The molecule has 1 aromatic carbocycles. The molecule has 0 spiro atoms. The lowest BCUT2D eigenvalue weighted by atomic mass is 10.1. The monoisotopic (exact) mass is 454 g/mol. The summed E-state index contributed by atoms with van der Waals surface area (Å²) in [6.07, 6.45) is 2.50. The molecule has 0 unspecified atom stereocenters. The molecule has 10 heteroatoms. The van der Waals surface area contributed by atoms with E-state index in [0.717, 1.165) is 5.69 Å². The number of carbonyl (C=O) groups is 1. The highest BCUT2D eigenvalue weighted by atomic mass is 35.5. The van der Waals surface area contributed by atoms with E-state index in [2.05, 4.69) is 15.1 Å². The van der Waals surface area contributed by atoms with Crippen LogP contribution in [0.15, 0.2) is 36.7 Å². The summed E-state index contributed by atoms with van der Waals surface area (Å²) in [5, 5.41) is 15.3. The number of anilines is 1. The van der Waals surface area contributed by atoms with Gasteiger partial charge in [0, 0.05) is 55.3 Å². The first-order valence-electron chi connectivity index (χ1n) is 10.1. The number of rotatable bonds is 2. The molecule has 4 aromatic rings. The molecule has 3 aromatic heterocycles. The Hall–Kier alpha value is -3.46. The van der Waals surface area contributed by atoms with Gasteiger partial charge in [0.15, 0.2) is 11.5 Å². The lowest BCUT2D eigenvalue weighted by Crippen LogP contribution is -2.53. The molecule has 1 saturated heterocycles. The number of fused-ring (bicyclic) bond motifs is 2. The zero-order valence-electron chi connectivity index (χ0n) is 17.5. The van der Waals surface area contributed by atoms with E-state index in [-0.39, 0.29) is 6.04 Å². The lowest BCUT2D eigenvalue weighted by Gasteiger charge is -2.39. The van der Waals surface area contributed by atoms with E-state index in [0.29, 0.717) is 57.9 Å². The number of piperazine rings is 1. The summed E-state index contributed by atoms with van der Waals surface area (Å²) in [4.78, 5) is 23.9. The van der Waals surface area contributed by atoms with Crippen molar-refractivity contribution in [3.63, 3.8) is 0 Å². The number of aromatic nitrogens is 4. The van der Waals surface area contributed by atoms with Gasteiger partial charge in [-0.3, -0.25) is 4.68 Å². The molecule has 164 valence electrons. The van der Waals surface area contributed by atoms with Crippen LogP contribution in [0.2, 0.25) is 5.02 Å². The summed E-state index contributed by atoms with van der Waals surface area (Å²) in [6, 6.07) is 6.73. The first-order valence-corrected chi connectivity index (χ1v) is 10.5. The van der Waals surface area contributed by atoms with Gasteiger partial charge < -0.3 is 14.9 Å². The quantitative estimate of drug-likeness (QED) is 0.489. The summed E-state index contributed by atoms with van der Waals surface area (Å²) >= 11 is 6.70. The van der Waals surface area contributed by atoms with Crippen LogP contribution in [0.1, 0.15) is 6.92 Å². The number of aryl methyl sites for hydroxylation is 1. The molecule has 0 saturated carbocycles. The van der Waals surface area contributed by atoms with Gasteiger partial charge in [-0.05, 0) is 31.2 Å². The number of halogens is 2. The summed E-state index contributed by atoms with van der Waals surface area (Å²) < 4.78 is 16.1. The van der Waals surface area contributed by atoms with E-state index >= 15 is 0 Å². The van der Waals surface area contributed by atoms with Crippen molar-refractivity contribution in [2.45, 2.75) is 13.0 Å². The van der Waals surface area contributed by atoms with Crippen LogP contribution in [0, 0.1) is 5.82 Å². The van der Waals surface area contributed by atoms with Gasteiger partial charge in [-0.2, -0.15) is 5.10 Å². The number of pyridine rings is 2. The highest BCUT2D eigenvalue weighted by Crippen LogP contribution is 2.34. The Balaban J connectivity index is 1.50. The van der Waals surface area contributed by atoms with Crippen molar-refractivity contribution in [3.05, 3.63) is 47.5 Å². The fourth-order valence-corrected chi connectivity index (χ4v) is 4.55. The molecule has 1 aliphatic heterocycles. The van der Waals surface area contributed by atoms with E-state index < -0.39 is 11.9 Å². The molecule has 1 fully saturated rings. The Kier molecular flexibility index (Phi) is 4.85. The van der Waals surface area contributed by atoms with E-state index in [1.54, 1.807) is 30.2 Å². The molecule has 0 radical (unpaired) electrons. The van der Waals surface area contributed by atoms with E-state index in [1.165, 1.54) is 11.0 Å². The molecule has 32 heavy (non-hydrogen) atoms. The Bertz CT molecular complexity index is 1370. The van der Waals surface area contributed by atoms with Crippen LogP contribution in [0.3, 0.4) is 0 Å². The maximum atomic E-state index is 14.5. The van der Waals surface area contributed by atoms with Crippen LogP contribution in [0.25, 0.3) is 33.2 Å². The predicted octanol–water partition coefficient (Wildman–Crippen LogP) is 4.16. The van der Waals surface area contributed by atoms with Crippen molar-refractivity contribution in [1.29, 1.82) is 0 Å². The Morgan fingerprint density at radius 3 is 2.84 bits per heavy atom. The molecule has 4 heterocycles. The smallest absolute Gasteiger partial charge is 0.407 e. The van der Waals surface area contributed by atoms with Gasteiger partial charge in [0.2, 0.25) is 0 Å². The van der Waals surface area contributed by atoms with Gasteiger partial charge >= 0.3 is 6.09 Å². The molecule has 1 amide bonds. The number of nitrogens with zero attached hydrogens (tertiary/aromatic N) is 6. The third-order valence-corrected chi connectivity index (χ3v) is 6.23. The molecule has 1 aliphatic rings. The molecule has 0 aliphatic carbocycles. The van der Waals surface area contributed by atoms with Crippen LogP contribution in [0.5, 0.6) is 0 Å². The Morgan fingerprint density at radius 2 is 2.09 bits per heavy atom. The summed E-state index contributed by atoms with van der Waals surface area (Å²) in [7, 11) is 1.75. The Labute approximate surface area is 187 Å². The van der Waals surface area contributed by atoms with E-state index in [9.17, 15) is 14.3 Å². The van der Waals surface area contributed by atoms with Crippen molar-refractivity contribution in [1.82, 2.24) is 24.6 Å². The van der Waals surface area contributed by atoms with Crippen molar-refractivity contribution in [2.24, 2.45) is 7.05 Å². The van der Waals surface area contributed by atoms with Crippen LogP contribution in [0.4, 0.5) is 14.9 Å². The standard InChI is InChI=1S/C22H20ClFN6O2/c1-12-10-29(5-6-30(12)22(31)32)18-9-25-21-15(19(18)23)3-4-17(26-21)13-7-14-11-28(2)27-20(14)16(24)8-13/h3-4,7-9,11-12H,5-6,10H2,1-2H3,(H,31,32)/t12-/m0/s1. The molecule has 5 rings (SSSR count). The maximum Gasteiger partial charge on any atom is 0.407 e. The third kappa shape index (κ3) is 3.38. The zero-order valence-corrected chi connectivity index (χ0v) is 18.2. The molecule has 0 bridgehead atoms. The largest absolute Gasteiger partial charge is 0.465 e. The van der Waals surface area contributed by atoms with Crippen LogP contribution in [-0.2, 0) is 7.05 Å². The second kappa shape index (κ2) is 7.59. The van der Waals surface area contributed by atoms with Gasteiger partial charge in [-0.15, -0.1) is 0 Å². The van der Waals surface area contributed by atoms with Gasteiger partial charge in [-0.1, -0.05) is 11.6 Å². The minimum atomic E-state index is -0.919. The van der Waals surface area contributed by atoms with Crippen molar-refractivity contribution in [3.8, 4) is 11.3 Å². The number of amides is 1. The van der Waals surface area contributed by atoms with Crippen molar-refractivity contribution in [2.75, 3.05) is 24.5 Å². The van der Waals surface area contributed by atoms with Gasteiger partial charge in [0.25, 0.3) is 0 Å². The average molecular weight is 455 g/mol. The van der Waals surface area contributed by atoms with Gasteiger partial charge in [-0.25, -0.2) is 19.2 Å². The van der Waals surface area contributed by atoms with Gasteiger partial charge in [0.1, 0.15) is 5.52 Å². The zero-order chi connectivity index (χ0) is 22.6. The summed E-state index contributed by atoms with van der Waals surface area (Å²) in [6.45, 7) is 3.31. The van der Waals surface area contributed by atoms with Gasteiger partial charge in [0.05, 0.1) is 22.6 Å². The highest BCUT2D eigenvalue weighted by Gasteiger charge is 2.28. The minimum Gasteiger partial charge on any atom is -0.465 e. The predicted molar refractivity (Wildman–Crippen MR) is 121 cm³/mol. The maximum absolute atomic E-state index is 14.5. The number of hydrogen-bond acceptors (Lipinski definition) is 5. The minimum absolute atomic E-state index is 0.161. The normalized spacial score (nSPS) is 16.8. The molecule has 1 atom stereocenters. The van der Waals surface area contributed by atoms with Crippen LogP contribution in [-0.4, -0.2) is 61.5 Å². The second-order valence-corrected chi connectivity index (χ2v) is 8.37. The first-order chi connectivity index (χ1) is 15.3. The Morgan fingerprint density at radius 1 is 1.28 bits per heavy atom. The van der Waals surface area contributed by atoms with Crippen LogP contribution < -0.4 is 4.90 Å². The second-order valence-electron chi connectivity index (χ2n) is 7.99. The molecule has 8 nitrogen and oxygen atoms in total. The van der Waals surface area contributed by atoms with E-state index in [1.807, 2.05) is 24.0 Å². The van der Waals surface area contributed by atoms with Crippen LogP contribution >= 0.6 is 11.6 Å². The fraction of sp³-hybridized carbons (Fsp3) is 0.273. The van der Waals surface area contributed by atoms with Crippen molar-refractivity contribution < 1.29 is 14.3 Å². The average Bonchev–Trinajstić information content (AvgIpc) is 3.14. The van der Waals surface area contributed by atoms with Crippen molar-refractivity contribution >= 4 is 45.3 Å². The lowest BCUT2D eigenvalue weighted by molar-refractivity contribution is 0.122.